The molecule has 11 unspecified atom stereocenters. The molecule has 73 heavy (non-hydrogen) atoms. The number of likely N-dealkylation sites (tertiary alicyclic amines) is 2. The third kappa shape index (κ3) is 19.8. The van der Waals surface area contributed by atoms with Crippen LogP contribution in [0.15, 0.2) is 0 Å². The molecule has 0 aliphatic carbocycles. The number of aliphatic hydroxyl groups excluding tert-OH is 1. The highest BCUT2D eigenvalue weighted by Crippen LogP contribution is 2.27. The van der Waals surface area contributed by atoms with Gasteiger partial charge < -0.3 is 80.0 Å². The average molecular weight is 1040 g/mol. The Morgan fingerprint density at radius 3 is 1.60 bits per heavy atom. The lowest BCUT2D eigenvalue weighted by atomic mass is 9.96. The molecule has 0 aromatic heterocycles. The summed E-state index contributed by atoms with van der Waals surface area (Å²) in [5.41, 5.74) is 22.1. The summed E-state index contributed by atoms with van der Waals surface area (Å²) in [7, 11) is 0. The number of primary amides is 2. The molecule has 2 aliphatic rings. The summed E-state index contributed by atoms with van der Waals surface area (Å²) in [6.07, 6.45) is -1.41. The lowest BCUT2D eigenvalue weighted by Crippen LogP contribution is -2.61. The second-order valence-electron chi connectivity index (χ2n) is 19.1. The zero-order valence-electron chi connectivity index (χ0n) is 42.4. The molecule has 11 atom stereocenters. The van der Waals surface area contributed by atoms with Crippen LogP contribution < -0.4 is 54.8 Å². The van der Waals surface area contributed by atoms with Crippen LogP contribution in [-0.4, -0.2) is 176 Å². The molecule has 27 nitrogen and oxygen atoms in total. The van der Waals surface area contributed by atoms with E-state index in [9.17, 15) is 72.9 Å². The van der Waals surface area contributed by atoms with E-state index in [1.54, 1.807) is 27.7 Å². The second kappa shape index (κ2) is 30.5. The topological polar surface area (TPSA) is 448 Å². The van der Waals surface area contributed by atoms with Crippen LogP contribution in [0.25, 0.3) is 0 Å². The molecule has 2 fully saturated rings. The fourth-order valence-corrected chi connectivity index (χ4v) is 8.42. The number of carbonyl (C=O) groups is 12. The van der Waals surface area contributed by atoms with E-state index in [0.717, 1.165) is 0 Å². The summed E-state index contributed by atoms with van der Waals surface area (Å²) in [6.45, 7) is 8.22. The SMILES string of the molecule is CCC(C)C(NC(=O)C(CCC(N)=O)NC(=O)C(N)CCC(N)=O)C(=O)NC(CCCCN)C(=O)NC(CCC(=O)O)C(=O)NC(C(=O)N1CCCC1C(=O)N1CCCC1C(=O)NC(C(=O)O)C(C)O)C(C)C. The molecule has 17 N–H and O–H groups in total. The van der Waals surface area contributed by atoms with Crippen molar-refractivity contribution in [3.05, 3.63) is 0 Å². The third-order valence-corrected chi connectivity index (χ3v) is 12.9. The molecule has 0 aromatic carbocycles. The van der Waals surface area contributed by atoms with E-state index in [0.29, 0.717) is 25.7 Å². The van der Waals surface area contributed by atoms with Crippen molar-refractivity contribution in [3.8, 4) is 0 Å². The summed E-state index contributed by atoms with van der Waals surface area (Å²) in [4.78, 5) is 160. The summed E-state index contributed by atoms with van der Waals surface area (Å²) in [5.74, 6) is -12.1. The lowest BCUT2D eigenvalue weighted by Gasteiger charge is -2.34. The van der Waals surface area contributed by atoms with Gasteiger partial charge in [-0.2, -0.15) is 0 Å². The highest BCUT2D eigenvalue weighted by atomic mass is 16.4. The molecular formula is C46H78N12O15. The maximum atomic E-state index is 14.3. The van der Waals surface area contributed by atoms with Crippen molar-refractivity contribution < 1.29 is 72.9 Å². The smallest absolute Gasteiger partial charge is 0.328 e. The Bertz CT molecular complexity index is 1990. The van der Waals surface area contributed by atoms with E-state index in [2.05, 4.69) is 31.9 Å². The fourth-order valence-electron chi connectivity index (χ4n) is 8.42. The van der Waals surface area contributed by atoms with E-state index in [-0.39, 0.29) is 71.0 Å². The van der Waals surface area contributed by atoms with Crippen molar-refractivity contribution in [1.29, 1.82) is 0 Å². The van der Waals surface area contributed by atoms with Crippen LogP contribution in [0, 0.1) is 11.8 Å². The summed E-state index contributed by atoms with van der Waals surface area (Å²) in [5, 5.41) is 44.1. The minimum Gasteiger partial charge on any atom is -0.481 e. The Kier molecular flexibility index (Phi) is 26.2. The normalized spacial score (nSPS) is 19.1. The zero-order valence-corrected chi connectivity index (χ0v) is 42.4. The van der Waals surface area contributed by atoms with Crippen molar-refractivity contribution in [2.24, 2.45) is 34.8 Å². The van der Waals surface area contributed by atoms with Gasteiger partial charge in [0.1, 0.15) is 42.3 Å². The molecular weight excluding hydrogens is 961 g/mol. The van der Waals surface area contributed by atoms with Gasteiger partial charge >= 0.3 is 11.9 Å². The number of rotatable bonds is 32. The number of nitrogens with zero attached hydrogens (tertiary/aromatic N) is 2. The molecule has 27 heteroatoms. The molecule has 0 aromatic rings. The number of nitrogens with two attached hydrogens (primary N) is 4. The number of carboxylic acid groups (broad SMARTS) is 2. The molecule has 2 aliphatic heterocycles. The number of carbonyl (C=O) groups excluding carboxylic acids is 10. The number of hydrogen-bond acceptors (Lipinski definition) is 15. The van der Waals surface area contributed by atoms with Gasteiger partial charge in [-0.25, -0.2) is 4.79 Å². The highest BCUT2D eigenvalue weighted by Gasteiger charge is 2.45. The van der Waals surface area contributed by atoms with E-state index in [1.807, 2.05) is 0 Å². The van der Waals surface area contributed by atoms with E-state index >= 15 is 0 Å². The first-order valence-corrected chi connectivity index (χ1v) is 24.8. The molecule has 10 amide bonds. The van der Waals surface area contributed by atoms with Gasteiger partial charge in [0.2, 0.25) is 59.1 Å². The van der Waals surface area contributed by atoms with Crippen LogP contribution in [-0.2, 0) is 57.5 Å². The third-order valence-electron chi connectivity index (χ3n) is 12.9. The van der Waals surface area contributed by atoms with Gasteiger partial charge in [0, 0.05) is 32.4 Å². The molecule has 2 heterocycles. The Balaban J connectivity index is 2.38. The molecule has 0 spiro atoms. The number of unbranched alkanes of at least 4 members (excludes halogenated alkanes) is 1. The standard InChI is InChI=1S/C46H78N12O15/c1-6-24(4)36(55-41(67)28(15-18-33(50)61)51-38(64)26(48)14-17-32(49)60)43(69)53-27(11-7-8-20-47)39(65)52-29(16-19-34(62)63)40(66)54-35(23(2)3)45(71)58-22-10-13-31(58)44(70)57-21-9-12-30(57)42(68)56-37(25(5)59)46(72)73/h23-31,35-37,59H,6-22,47-48H2,1-5H3,(H2,49,60)(H2,50,61)(H,51,64)(H,52,65)(H,53,69)(H,54,66)(H,55,67)(H,56,68)(H,62,63)(H,72,73). The lowest BCUT2D eigenvalue weighted by molar-refractivity contribution is -0.150. The predicted molar refractivity (Wildman–Crippen MR) is 259 cm³/mol. The van der Waals surface area contributed by atoms with Crippen LogP contribution in [0.3, 0.4) is 0 Å². The van der Waals surface area contributed by atoms with E-state index < -0.39 is 156 Å². The first kappa shape index (κ1) is 62.6. The first-order chi connectivity index (χ1) is 34.2. The predicted octanol–water partition coefficient (Wildman–Crippen LogP) is -4.10. The number of aliphatic carboxylic acids is 2. The van der Waals surface area contributed by atoms with Gasteiger partial charge in [-0.3, -0.25) is 52.7 Å². The Morgan fingerprint density at radius 2 is 1.08 bits per heavy atom. The van der Waals surface area contributed by atoms with Gasteiger partial charge in [-0.05, 0) is 89.5 Å². The summed E-state index contributed by atoms with van der Waals surface area (Å²) < 4.78 is 0. The van der Waals surface area contributed by atoms with Crippen LogP contribution in [0.4, 0.5) is 0 Å². The molecule has 2 saturated heterocycles. The Hall–Kier alpha value is -6.48. The minimum atomic E-state index is -1.63. The molecule has 0 saturated carbocycles. The molecule has 412 valence electrons. The second-order valence-corrected chi connectivity index (χ2v) is 19.1. The zero-order chi connectivity index (χ0) is 55.3. The van der Waals surface area contributed by atoms with Crippen LogP contribution in [0.1, 0.15) is 125 Å². The monoisotopic (exact) mass is 1040 g/mol. The van der Waals surface area contributed by atoms with Gasteiger partial charge in [0.25, 0.3) is 0 Å². The van der Waals surface area contributed by atoms with Gasteiger partial charge in [-0.1, -0.05) is 34.1 Å². The van der Waals surface area contributed by atoms with Crippen LogP contribution >= 0.6 is 0 Å². The van der Waals surface area contributed by atoms with Crippen molar-refractivity contribution in [1.82, 2.24) is 41.7 Å². The Morgan fingerprint density at radius 1 is 0.589 bits per heavy atom. The molecule has 0 bridgehead atoms. The maximum absolute atomic E-state index is 14.3. The molecule has 0 radical (unpaired) electrons. The largest absolute Gasteiger partial charge is 0.481 e. The van der Waals surface area contributed by atoms with Crippen molar-refractivity contribution in [2.45, 2.75) is 185 Å². The highest BCUT2D eigenvalue weighted by molar-refractivity contribution is 5.99. The van der Waals surface area contributed by atoms with Crippen molar-refractivity contribution in [2.75, 3.05) is 19.6 Å². The van der Waals surface area contributed by atoms with Gasteiger partial charge in [-0.15, -0.1) is 0 Å². The van der Waals surface area contributed by atoms with E-state index in [1.165, 1.54) is 16.7 Å². The minimum absolute atomic E-state index is 0.0403. The van der Waals surface area contributed by atoms with Gasteiger partial charge in [0.15, 0.2) is 6.04 Å². The van der Waals surface area contributed by atoms with E-state index in [4.69, 9.17) is 22.9 Å². The number of aliphatic hydroxyl groups is 1. The van der Waals surface area contributed by atoms with Crippen molar-refractivity contribution >= 4 is 71.0 Å². The number of carboxylic acids is 2. The average Bonchev–Trinajstić information content (AvgIpc) is 4.03. The summed E-state index contributed by atoms with van der Waals surface area (Å²) in [6, 6.07) is -12.1. The fraction of sp³-hybridized carbons (Fsp3) is 0.739. The number of hydrogen-bond donors (Lipinski definition) is 13. The van der Waals surface area contributed by atoms with Crippen LogP contribution in [0.5, 0.6) is 0 Å². The van der Waals surface area contributed by atoms with Crippen LogP contribution in [0.2, 0.25) is 0 Å². The summed E-state index contributed by atoms with van der Waals surface area (Å²) >= 11 is 0. The quantitative estimate of drug-likeness (QED) is 0.0285. The Labute approximate surface area is 424 Å². The van der Waals surface area contributed by atoms with Gasteiger partial charge in [0.05, 0.1) is 12.1 Å². The molecule has 2 rings (SSSR count). The number of amides is 10. The first-order valence-electron chi connectivity index (χ1n) is 24.8. The maximum Gasteiger partial charge on any atom is 0.328 e. The number of nitrogens with one attached hydrogen (secondary N) is 6. The van der Waals surface area contributed by atoms with Crippen molar-refractivity contribution in [3.63, 3.8) is 0 Å².